The second-order valence-corrected chi connectivity index (χ2v) is 8.81. The van der Waals surface area contributed by atoms with Crippen LogP contribution < -0.4 is 25.8 Å². The second kappa shape index (κ2) is 12.2. The molecule has 4 rings (SSSR count). The van der Waals surface area contributed by atoms with E-state index in [1.807, 2.05) is 19.9 Å². The van der Waals surface area contributed by atoms with Crippen LogP contribution in [0.3, 0.4) is 0 Å². The summed E-state index contributed by atoms with van der Waals surface area (Å²) < 4.78 is 14.0. The topological polar surface area (TPSA) is 155 Å². The van der Waals surface area contributed by atoms with Gasteiger partial charge in [0.15, 0.2) is 0 Å². The third-order valence-corrected chi connectivity index (χ3v) is 6.16. The predicted octanol–water partition coefficient (Wildman–Crippen LogP) is 2.92. The molecule has 0 saturated heterocycles. The summed E-state index contributed by atoms with van der Waals surface area (Å²) in [5.74, 6) is 0.0404. The van der Waals surface area contributed by atoms with Crippen molar-refractivity contribution < 1.29 is 23.9 Å². The minimum Gasteiger partial charge on any atom is -0.497 e. The number of hydrogen-bond donors (Lipinski definition) is 3. The normalized spacial score (nSPS) is 11.1. The summed E-state index contributed by atoms with van der Waals surface area (Å²) in [5.41, 5.74) is 8.32. The van der Waals surface area contributed by atoms with E-state index < -0.39 is 5.91 Å². The predicted molar refractivity (Wildman–Crippen MR) is 150 cm³/mol. The number of nitrogens with two attached hydrogens (primary N) is 1. The highest BCUT2D eigenvalue weighted by Gasteiger charge is 2.21. The molecule has 0 spiro atoms. The number of ether oxygens (including phenoxy) is 2. The Labute approximate surface area is 230 Å². The van der Waals surface area contributed by atoms with Crippen LogP contribution in [-0.2, 0) is 13.1 Å². The first kappa shape index (κ1) is 27.9. The van der Waals surface area contributed by atoms with Crippen LogP contribution in [0.15, 0.2) is 54.6 Å². The van der Waals surface area contributed by atoms with Gasteiger partial charge in [-0.15, -0.1) is 0 Å². The fourth-order valence-electron chi connectivity index (χ4n) is 4.20. The lowest BCUT2D eigenvalue weighted by Crippen LogP contribution is -2.23. The standard InChI is InChI=1S/C28H31N7O5/c1-5-35-22(14-17(2)33-35)27(38)32-28-31-21-15-19(25(29)36)16-23(40-4)24(21)34(28)13-7-6-12-30-26(37)18-8-10-20(39-3)11-9-18/h6-11,14-16H,5,12-13H2,1-4H3,(H2,29,36)(H,30,37)(H,31,32,38)/b7-6+. The van der Waals surface area contributed by atoms with Crippen molar-refractivity contribution in [3.05, 3.63) is 77.1 Å². The molecule has 4 aromatic rings. The molecule has 0 aliphatic rings. The number of rotatable bonds is 11. The number of carbonyl (C=O) groups excluding carboxylic acids is 3. The average molecular weight is 546 g/mol. The number of fused-ring (bicyclic) bond motifs is 1. The molecule has 0 aliphatic heterocycles. The van der Waals surface area contributed by atoms with Crippen LogP contribution in [0, 0.1) is 6.92 Å². The fourth-order valence-corrected chi connectivity index (χ4v) is 4.20. The third kappa shape index (κ3) is 5.96. The average Bonchev–Trinajstić information content (AvgIpc) is 3.51. The molecule has 0 aliphatic carbocycles. The summed E-state index contributed by atoms with van der Waals surface area (Å²) in [6.07, 6.45) is 3.62. The molecule has 4 N–H and O–H groups in total. The van der Waals surface area contributed by atoms with Crippen LogP contribution in [-0.4, -0.2) is 57.8 Å². The number of nitrogens with one attached hydrogen (secondary N) is 2. The van der Waals surface area contributed by atoms with Gasteiger partial charge in [0.05, 0.1) is 25.4 Å². The third-order valence-electron chi connectivity index (χ3n) is 6.16. The van der Waals surface area contributed by atoms with Crippen LogP contribution in [0.5, 0.6) is 11.5 Å². The molecule has 12 heteroatoms. The van der Waals surface area contributed by atoms with Gasteiger partial charge >= 0.3 is 0 Å². The van der Waals surface area contributed by atoms with E-state index in [0.717, 1.165) is 0 Å². The summed E-state index contributed by atoms with van der Waals surface area (Å²) in [6.45, 7) is 4.79. The molecule has 2 aromatic heterocycles. The molecule has 0 bridgehead atoms. The first-order chi connectivity index (χ1) is 19.2. The number of allylic oxidation sites excluding steroid dienone is 1. The zero-order valence-electron chi connectivity index (χ0n) is 22.7. The van der Waals surface area contributed by atoms with Crippen LogP contribution in [0.25, 0.3) is 11.0 Å². The van der Waals surface area contributed by atoms with E-state index in [9.17, 15) is 14.4 Å². The van der Waals surface area contributed by atoms with Crippen molar-refractivity contribution in [3.8, 4) is 11.5 Å². The number of methoxy groups -OCH3 is 2. The number of aromatic nitrogens is 4. The Balaban J connectivity index is 1.59. The molecular formula is C28H31N7O5. The SMILES string of the molecule is CCn1nc(C)cc1C(=O)Nc1nc2cc(C(N)=O)cc(OC)c2n1C/C=C/CNC(=O)c1ccc(OC)cc1. The highest BCUT2D eigenvalue weighted by Crippen LogP contribution is 2.31. The highest BCUT2D eigenvalue weighted by molar-refractivity contribution is 6.04. The van der Waals surface area contributed by atoms with Crippen molar-refractivity contribution in [1.82, 2.24) is 24.6 Å². The van der Waals surface area contributed by atoms with Crippen LogP contribution in [0.4, 0.5) is 5.95 Å². The van der Waals surface area contributed by atoms with Gasteiger partial charge in [0.25, 0.3) is 11.8 Å². The lowest BCUT2D eigenvalue weighted by molar-refractivity contribution is 0.0955. The number of anilines is 1. The van der Waals surface area contributed by atoms with Gasteiger partial charge in [-0.1, -0.05) is 12.2 Å². The van der Waals surface area contributed by atoms with Crippen LogP contribution >= 0.6 is 0 Å². The molecule has 0 fully saturated rings. The van der Waals surface area contributed by atoms with Gasteiger partial charge in [-0.2, -0.15) is 5.10 Å². The van der Waals surface area contributed by atoms with Crippen molar-refractivity contribution in [3.63, 3.8) is 0 Å². The number of nitrogens with zero attached hydrogens (tertiary/aromatic N) is 4. The van der Waals surface area contributed by atoms with Gasteiger partial charge < -0.3 is 25.1 Å². The summed E-state index contributed by atoms with van der Waals surface area (Å²) in [6, 6.07) is 11.6. The lowest BCUT2D eigenvalue weighted by Gasteiger charge is -2.11. The molecule has 0 saturated carbocycles. The minimum atomic E-state index is -0.629. The number of aryl methyl sites for hydroxylation is 2. The van der Waals surface area contributed by atoms with Crippen LogP contribution in [0.1, 0.15) is 43.8 Å². The number of hydrogen-bond acceptors (Lipinski definition) is 7. The lowest BCUT2D eigenvalue weighted by atomic mass is 10.1. The number of primary amides is 1. The maximum Gasteiger partial charge on any atom is 0.276 e. The second-order valence-electron chi connectivity index (χ2n) is 8.81. The first-order valence-electron chi connectivity index (χ1n) is 12.6. The zero-order valence-corrected chi connectivity index (χ0v) is 22.7. The smallest absolute Gasteiger partial charge is 0.276 e. The molecule has 0 atom stereocenters. The van der Waals surface area contributed by atoms with Gasteiger partial charge in [-0.3, -0.25) is 24.4 Å². The highest BCUT2D eigenvalue weighted by atomic mass is 16.5. The van der Waals surface area contributed by atoms with Gasteiger partial charge in [0.1, 0.15) is 22.7 Å². The van der Waals surface area contributed by atoms with E-state index in [1.54, 1.807) is 58.8 Å². The first-order valence-corrected chi connectivity index (χ1v) is 12.6. The quantitative estimate of drug-likeness (QED) is 0.245. The molecule has 12 nitrogen and oxygen atoms in total. The molecule has 2 heterocycles. The van der Waals surface area contributed by atoms with Gasteiger partial charge in [-0.05, 0) is 56.3 Å². The summed E-state index contributed by atoms with van der Waals surface area (Å²) >= 11 is 0. The van der Waals surface area contributed by atoms with Gasteiger partial charge in [-0.25, -0.2) is 4.98 Å². The number of amides is 3. The maximum atomic E-state index is 13.2. The van der Waals surface area contributed by atoms with E-state index in [2.05, 4.69) is 20.7 Å². The van der Waals surface area contributed by atoms with Crippen molar-refractivity contribution in [2.75, 3.05) is 26.1 Å². The van der Waals surface area contributed by atoms with Gasteiger partial charge in [0.2, 0.25) is 11.9 Å². The molecule has 208 valence electrons. The Morgan fingerprint density at radius 3 is 2.40 bits per heavy atom. The molecule has 0 unspecified atom stereocenters. The number of carbonyl (C=O) groups is 3. The van der Waals surface area contributed by atoms with E-state index in [-0.39, 0.29) is 36.4 Å². The largest absolute Gasteiger partial charge is 0.497 e. The Morgan fingerprint density at radius 1 is 1.00 bits per heavy atom. The molecule has 2 aromatic carbocycles. The van der Waals surface area contributed by atoms with Crippen molar-refractivity contribution >= 4 is 34.7 Å². The number of imidazole rings is 1. The molecule has 3 amide bonds. The van der Waals surface area contributed by atoms with Crippen molar-refractivity contribution in [2.24, 2.45) is 5.73 Å². The van der Waals surface area contributed by atoms with E-state index >= 15 is 0 Å². The summed E-state index contributed by atoms with van der Waals surface area (Å²) in [7, 11) is 3.04. The van der Waals surface area contributed by atoms with Crippen molar-refractivity contribution in [1.29, 1.82) is 0 Å². The summed E-state index contributed by atoms with van der Waals surface area (Å²) in [4.78, 5) is 42.1. The Morgan fingerprint density at radius 2 is 1.75 bits per heavy atom. The van der Waals surface area contributed by atoms with Gasteiger partial charge in [0, 0.05) is 30.8 Å². The molecule has 0 radical (unpaired) electrons. The molecular weight excluding hydrogens is 514 g/mol. The van der Waals surface area contributed by atoms with E-state index in [0.29, 0.717) is 46.0 Å². The minimum absolute atomic E-state index is 0.225. The monoisotopic (exact) mass is 545 g/mol. The Kier molecular flexibility index (Phi) is 8.48. The van der Waals surface area contributed by atoms with Crippen LogP contribution in [0.2, 0.25) is 0 Å². The van der Waals surface area contributed by atoms with E-state index in [4.69, 9.17) is 15.2 Å². The fraction of sp³-hybridized carbons (Fsp3) is 0.250. The number of benzene rings is 2. The Hall–Kier alpha value is -5.13. The summed E-state index contributed by atoms with van der Waals surface area (Å²) in [5, 5.41) is 10.0. The van der Waals surface area contributed by atoms with Crippen molar-refractivity contribution in [2.45, 2.75) is 26.9 Å². The maximum absolute atomic E-state index is 13.2. The Bertz CT molecular complexity index is 1580. The van der Waals surface area contributed by atoms with E-state index in [1.165, 1.54) is 13.2 Å². The molecule has 40 heavy (non-hydrogen) atoms. The zero-order chi connectivity index (χ0) is 28.8.